The first-order chi connectivity index (χ1) is 17.1. The second-order valence-corrected chi connectivity index (χ2v) is 10.2. The molecular weight excluding hydrogens is 473 g/mol. The summed E-state index contributed by atoms with van der Waals surface area (Å²) in [5.74, 6) is -1.61. The molecule has 36 heavy (non-hydrogen) atoms. The molecule has 0 aliphatic carbocycles. The maximum atomic E-state index is 12.7. The minimum Gasteiger partial charge on any atom is -0.369 e. The molecule has 0 spiro atoms. The van der Waals surface area contributed by atoms with Crippen LogP contribution in [-0.4, -0.2) is 44.4 Å². The van der Waals surface area contributed by atoms with E-state index < -0.39 is 19.3 Å². The highest BCUT2D eigenvalue weighted by Gasteiger charge is 2.42. The lowest BCUT2D eigenvalue weighted by Gasteiger charge is -2.36. The fourth-order valence-corrected chi connectivity index (χ4v) is 4.74. The summed E-state index contributed by atoms with van der Waals surface area (Å²) < 4.78 is 10.4. The number of aromatic nitrogens is 1. The molecule has 0 radical (unpaired) electrons. The minimum absolute atomic E-state index is 0.357. The topological polar surface area (TPSA) is 117 Å². The Morgan fingerprint density at radius 1 is 0.944 bits per heavy atom. The molecule has 2 aromatic carbocycles. The van der Waals surface area contributed by atoms with Crippen molar-refractivity contribution in [1.82, 2.24) is 9.88 Å². The van der Waals surface area contributed by atoms with Crippen LogP contribution in [0.1, 0.15) is 56.8 Å². The third kappa shape index (κ3) is 7.52. The van der Waals surface area contributed by atoms with Gasteiger partial charge in [0.25, 0.3) is 0 Å². The molecule has 0 fully saturated rings. The molecule has 0 saturated carbocycles. The number of hydrogen-bond acceptors (Lipinski definition) is 5. The Balaban J connectivity index is 0.000000346. The van der Waals surface area contributed by atoms with Gasteiger partial charge in [0.15, 0.2) is 0 Å². The number of aliphatic hydroxyl groups is 1. The molecule has 0 bridgehead atoms. The Kier molecular flexibility index (Phi) is 11.3. The van der Waals surface area contributed by atoms with Crippen LogP contribution in [0.3, 0.4) is 0 Å². The van der Waals surface area contributed by atoms with Gasteiger partial charge in [-0.25, -0.2) is 0 Å². The van der Waals surface area contributed by atoms with Gasteiger partial charge in [-0.3, -0.25) is 14.7 Å². The summed E-state index contributed by atoms with van der Waals surface area (Å²) in [6.07, 6.45) is 2.32. The molecule has 1 amide bonds. The first-order valence-corrected chi connectivity index (χ1v) is 13.3. The summed E-state index contributed by atoms with van der Waals surface area (Å²) in [6.45, 7) is 9.47. The number of nitrogens with two attached hydrogens (primary N) is 1. The highest BCUT2D eigenvalue weighted by Crippen LogP contribution is 2.35. The second kappa shape index (κ2) is 14.0. The number of rotatable bonds is 10. The van der Waals surface area contributed by atoms with E-state index in [2.05, 4.69) is 37.6 Å². The molecule has 7 nitrogen and oxygen atoms in total. The zero-order valence-corrected chi connectivity index (χ0v) is 22.3. The van der Waals surface area contributed by atoms with Gasteiger partial charge in [-0.2, -0.15) is 4.89 Å². The lowest BCUT2D eigenvalue weighted by molar-refractivity contribution is -0.122. The lowest BCUT2D eigenvalue weighted by atomic mass is 9.73. The molecule has 1 aromatic heterocycles. The number of carbonyl (C=O) groups excluding carboxylic acids is 1. The Morgan fingerprint density at radius 2 is 1.47 bits per heavy atom. The molecule has 3 unspecified atom stereocenters. The number of carbonyl (C=O) groups is 1. The van der Waals surface area contributed by atoms with E-state index in [4.69, 9.17) is 15.7 Å². The van der Waals surface area contributed by atoms with Crippen molar-refractivity contribution in [2.24, 2.45) is 5.73 Å². The summed E-state index contributed by atoms with van der Waals surface area (Å²) in [5, 5.41) is 9.06. The van der Waals surface area contributed by atoms with Crippen LogP contribution in [0.25, 0.3) is 0 Å². The summed E-state index contributed by atoms with van der Waals surface area (Å²) in [7, 11) is -2.53. The molecule has 0 aliphatic rings. The fourth-order valence-electron chi connectivity index (χ4n) is 4.31. The van der Waals surface area contributed by atoms with E-state index >= 15 is 0 Å². The quantitative estimate of drug-likeness (QED) is 0.338. The molecule has 3 atom stereocenters. The van der Waals surface area contributed by atoms with E-state index in [1.807, 2.05) is 48.5 Å². The van der Waals surface area contributed by atoms with E-state index in [1.165, 1.54) is 0 Å². The highest BCUT2D eigenvalue weighted by molar-refractivity contribution is 7.38. The average Bonchev–Trinajstić information content (AvgIpc) is 2.87. The molecule has 8 heteroatoms. The van der Waals surface area contributed by atoms with Gasteiger partial charge in [-0.05, 0) is 56.4 Å². The van der Waals surface area contributed by atoms with Crippen molar-refractivity contribution in [3.05, 3.63) is 102 Å². The Hall–Kier alpha value is -2.96. The zero-order valence-electron chi connectivity index (χ0n) is 21.4. The number of benzene rings is 2. The van der Waals surface area contributed by atoms with E-state index in [0.717, 1.165) is 12.1 Å². The minimum atomic E-state index is -2.53. The summed E-state index contributed by atoms with van der Waals surface area (Å²) in [6, 6.07) is 24.6. The lowest BCUT2D eigenvalue weighted by Crippen LogP contribution is -2.47. The van der Waals surface area contributed by atoms with Crippen LogP contribution in [-0.2, 0) is 14.8 Å². The van der Waals surface area contributed by atoms with Crippen molar-refractivity contribution < 1.29 is 19.4 Å². The van der Waals surface area contributed by atoms with E-state index in [1.54, 1.807) is 36.5 Å². The number of amides is 1. The van der Waals surface area contributed by atoms with Crippen molar-refractivity contribution >= 4 is 13.9 Å². The smallest absolute Gasteiger partial charge is 0.369 e. The molecule has 3 rings (SSSR count). The number of nitrogens with zero attached hydrogens (tertiary/aromatic N) is 2. The summed E-state index contributed by atoms with van der Waals surface area (Å²) >= 11 is 0. The fraction of sp³-hybridized carbons (Fsp3) is 0.357. The number of aliphatic hydroxyl groups excluding tert-OH is 1. The molecule has 3 aromatic rings. The van der Waals surface area contributed by atoms with Crippen molar-refractivity contribution in [2.75, 3.05) is 6.54 Å². The number of primary amides is 1. The first kappa shape index (κ1) is 29.3. The third-order valence-corrected chi connectivity index (χ3v) is 6.88. The SMILES string of the molecule is CC(C)N(CCC(C(N)=O)(c1ccccc1)c1ccccn1)C(C)C.O=[P+](O)C(O)c1ccccc1. The van der Waals surface area contributed by atoms with Gasteiger partial charge in [-0.15, -0.1) is 0 Å². The number of pyridine rings is 1. The largest absolute Gasteiger partial charge is 0.542 e. The maximum Gasteiger partial charge on any atom is 0.542 e. The van der Waals surface area contributed by atoms with E-state index in [0.29, 0.717) is 29.8 Å². The predicted octanol–water partition coefficient (Wildman–Crippen LogP) is 4.77. The van der Waals surface area contributed by atoms with Crippen molar-refractivity contribution in [1.29, 1.82) is 0 Å². The van der Waals surface area contributed by atoms with Crippen LogP contribution >= 0.6 is 8.03 Å². The second-order valence-electron chi connectivity index (χ2n) is 9.11. The molecule has 1 heterocycles. The van der Waals surface area contributed by atoms with Crippen molar-refractivity contribution in [3.8, 4) is 0 Å². The Labute approximate surface area is 214 Å². The summed E-state index contributed by atoms with van der Waals surface area (Å²) in [4.78, 5) is 28.1. The first-order valence-electron chi connectivity index (χ1n) is 12.0. The van der Waals surface area contributed by atoms with Gasteiger partial charge in [0.1, 0.15) is 5.41 Å². The molecule has 4 N–H and O–H groups in total. The molecule has 192 valence electrons. The maximum absolute atomic E-state index is 12.7. The highest BCUT2D eigenvalue weighted by atomic mass is 31.1. The van der Waals surface area contributed by atoms with Crippen LogP contribution in [0.4, 0.5) is 0 Å². The van der Waals surface area contributed by atoms with Crippen LogP contribution < -0.4 is 5.73 Å². The average molecular weight is 511 g/mol. The van der Waals surface area contributed by atoms with Gasteiger partial charge in [-0.1, -0.05) is 66.7 Å². The molecular formula is C28H37N3O4P+. The Bertz CT molecular complexity index is 1030. The summed E-state index contributed by atoms with van der Waals surface area (Å²) in [5.41, 5.74) is 7.13. The van der Waals surface area contributed by atoms with Gasteiger partial charge in [0.05, 0.1) is 5.69 Å². The predicted molar refractivity (Wildman–Crippen MR) is 143 cm³/mol. The van der Waals surface area contributed by atoms with Gasteiger partial charge in [0, 0.05) is 30.4 Å². The van der Waals surface area contributed by atoms with Gasteiger partial charge in [0.2, 0.25) is 5.91 Å². The third-order valence-electron chi connectivity index (χ3n) is 6.17. The molecule has 0 saturated heterocycles. The zero-order chi connectivity index (χ0) is 26.7. The standard InChI is InChI=1S/C21H29N3O.C7H7O3P/c1-16(2)24(17(3)4)15-13-21(20(22)25,18-10-6-5-7-11-18)19-12-8-9-14-23-19;8-7(11(9)10)6-4-2-1-3-5-6/h5-12,14,16-17H,13,15H2,1-4H3,(H2,22,25);1-5,7-8H/p+1. The van der Waals surface area contributed by atoms with E-state index in [-0.39, 0.29) is 5.91 Å². The van der Waals surface area contributed by atoms with Gasteiger partial charge < -0.3 is 10.8 Å². The molecule has 0 aliphatic heterocycles. The number of hydrogen-bond donors (Lipinski definition) is 3. The normalized spacial score (nSPS) is 14.1. The van der Waals surface area contributed by atoms with Gasteiger partial charge >= 0.3 is 13.9 Å². The van der Waals surface area contributed by atoms with Crippen LogP contribution in [0.15, 0.2) is 85.1 Å². The van der Waals surface area contributed by atoms with E-state index in [9.17, 15) is 9.36 Å². The van der Waals surface area contributed by atoms with Crippen LogP contribution in [0, 0.1) is 0 Å². The monoisotopic (exact) mass is 510 g/mol. The van der Waals surface area contributed by atoms with Crippen molar-refractivity contribution in [3.63, 3.8) is 0 Å². The van der Waals surface area contributed by atoms with Crippen LogP contribution in [0.5, 0.6) is 0 Å². The van der Waals surface area contributed by atoms with Crippen molar-refractivity contribution in [2.45, 2.75) is 57.5 Å². The van der Waals surface area contributed by atoms with Crippen LogP contribution in [0.2, 0.25) is 0 Å². The Morgan fingerprint density at radius 3 is 1.92 bits per heavy atom.